The molecule has 0 aromatic rings. The van der Waals surface area contributed by atoms with Crippen molar-refractivity contribution in [1.82, 2.24) is 21.3 Å². The molecule has 42 heavy (non-hydrogen) atoms. The minimum absolute atomic E-state index is 0.0328. The highest BCUT2D eigenvalue weighted by Gasteiger charge is 2.25. The van der Waals surface area contributed by atoms with Crippen LogP contribution in [-0.2, 0) is 28.8 Å². The molecule has 15 nitrogen and oxygen atoms in total. The van der Waals surface area contributed by atoms with Crippen LogP contribution in [0.4, 0.5) is 4.79 Å². The minimum atomic E-state index is -1.48. The van der Waals surface area contributed by atoms with Crippen molar-refractivity contribution in [2.45, 2.75) is 121 Å². The van der Waals surface area contributed by atoms with Gasteiger partial charge in [-0.2, -0.15) is 0 Å². The largest absolute Gasteiger partial charge is 0.481 e. The molecule has 0 bridgehead atoms. The van der Waals surface area contributed by atoms with E-state index in [-0.39, 0.29) is 37.5 Å². The molecule has 0 aliphatic carbocycles. The van der Waals surface area contributed by atoms with Crippen LogP contribution in [-0.4, -0.2) is 86.8 Å². The summed E-state index contributed by atoms with van der Waals surface area (Å²) < 4.78 is 0. The van der Waals surface area contributed by atoms with Crippen molar-refractivity contribution in [2.75, 3.05) is 6.54 Å². The first-order valence-electron chi connectivity index (χ1n) is 14.4. The van der Waals surface area contributed by atoms with Crippen LogP contribution >= 0.6 is 0 Å². The van der Waals surface area contributed by atoms with Crippen molar-refractivity contribution in [3.05, 3.63) is 0 Å². The van der Waals surface area contributed by atoms with Crippen LogP contribution in [0.5, 0.6) is 0 Å². The normalized spacial score (nSPS) is 12.8. The Labute approximate surface area is 245 Å². The number of carboxylic acid groups (broad SMARTS) is 4. The zero-order chi connectivity index (χ0) is 31.9. The maximum atomic E-state index is 12.0. The zero-order valence-corrected chi connectivity index (χ0v) is 24.2. The van der Waals surface area contributed by atoms with Gasteiger partial charge in [-0.3, -0.25) is 14.4 Å². The predicted molar refractivity (Wildman–Crippen MR) is 150 cm³/mol. The second kappa shape index (κ2) is 22.7. The third-order valence-corrected chi connectivity index (χ3v) is 6.38. The molecule has 15 heteroatoms. The molecule has 0 fully saturated rings. The average molecular weight is 603 g/mol. The smallest absolute Gasteiger partial charge is 0.326 e. The van der Waals surface area contributed by atoms with E-state index < -0.39 is 54.5 Å². The Morgan fingerprint density at radius 2 is 1.00 bits per heavy atom. The molecule has 0 aromatic carbocycles. The Hall–Kier alpha value is -3.91. The van der Waals surface area contributed by atoms with E-state index in [4.69, 9.17) is 10.2 Å². The first-order chi connectivity index (χ1) is 19.9. The standard InChI is InChI=1S/C27H46N4O11/c1-2-3-6-11-18(24(36)37)29-22(33)14-8-5-4-7-13-21(32)28-17-10-9-12-19(25(38)39)30-27(42)31-20(26(40)41)15-16-23(34)35/h18-20H,2-17H2,1H3,(H,28,32)(H,29,33)(H,34,35)(H,36,37)(H,38,39)(H,40,41)(H2,30,31,42). The number of carbonyl (C=O) groups is 7. The molecule has 4 amide bonds. The van der Waals surface area contributed by atoms with Gasteiger partial charge in [0.15, 0.2) is 0 Å². The van der Waals surface area contributed by atoms with E-state index in [2.05, 4.69) is 21.3 Å². The number of amides is 4. The third-order valence-electron chi connectivity index (χ3n) is 6.38. The number of aliphatic carboxylic acids is 4. The molecular weight excluding hydrogens is 556 g/mol. The first-order valence-corrected chi connectivity index (χ1v) is 14.4. The van der Waals surface area contributed by atoms with Crippen molar-refractivity contribution < 1.29 is 54.0 Å². The van der Waals surface area contributed by atoms with E-state index in [1.807, 2.05) is 6.92 Å². The number of unbranched alkanes of at least 4 members (excludes halogenated alkanes) is 6. The first kappa shape index (κ1) is 38.1. The summed E-state index contributed by atoms with van der Waals surface area (Å²) in [6.07, 6.45) is 6.17. The maximum Gasteiger partial charge on any atom is 0.326 e. The van der Waals surface area contributed by atoms with Crippen molar-refractivity contribution in [2.24, 2.45) is 0 Å². The van der Waals surface area contributed by atoms with Gasteiger partial charge in [0.2, 0.25) is 11.8 Å². The number of nitrogens with one attached hydrogen (secondary N) is 4. The molecule has 3 unspecified atom stereocenters. The summed E-state index contributed by atoms with van der Waals surface area (Å²) in [6.45, 7) is 2.32. The van der Waals surface area contributed by atoms with Gasteiger partial charge in [0, 0.05) is 25.8 Å². The van der Waals surface area contributed by atoms with E-state index in [1.165, 1.54) is 0 Å². The Morgan fingerprint density at radius 3 is 1.50 bits per heavy atom. The maximum absolute atomic E-state index is 12.0. The molecule has 3 atom stereocenters. The van der Waals surface area contributed by atoms with Crippen LogP contribution in [0.15, 0.2) is 0 Å². The van der Waals surface area contributed by atoms with E-state index in [0.717, 1.165) is 32.1 Å². The number of hydrogen-bond acceptors (Lipinski definition) is 7. The highest BCUT2D eigenvalue weighted by Crippen LogP contribution is 2.08. The third kappa shape index (κ3) is 20.0. The SMILES string of the molecule is CCCCCC(NC(=O)CCCCCCC(=O)NCCCCC(NC(=O)NC(CCC(=O)O)C(=O)O)C(=O)O)C(=O)O. The van der Waals surface area contributed by atoms with Gasteiger partial charge in [0.25, 0.3) is 0 Å². The van der Waals surface area contributed by atoms with Gasteiger partial charge in [0.05, 0.1) is 0 Å². The molecule has 0 aromatic heterocycles. The topological polar surface area (TPSA) is 249 Å². The lowest BCUT2D eigenvalue weighted by atomic mass is 10.1. The zero-order valence-electron chi connectivity index (χ0n) is 24.2. The molecule has 0 heterocycles. The molecule has 0 saturated carbocycles. The number of carbonyl (C=O) groups excluding carboxylic acids is 3. The van der Waals surface area contributed by atoms with Gasteiger partial charge in [-0.25, -0.2) is 19.2 Å². The van der Waals surface area contributed by atoms with Crippen molar-refractivity contribution in [3.63, 3.8) is 0 Å². The summed E-state index contributed by atoms with van der Waals surface area (Å²) in [5, 5.41) is 45.8. The second-order valence-electron chi connectivity index (χ2n) is 10.0. The fourth-order valence-corrected chi connectivity index (χ4v) is 3.98. The van der Waals surface area contributed by atoms with Crippen molar-refractivity contribution >= 4 is 41.7 Å². The van der Waals surface area contributed by atoms with Gasteiger partial charge in [-0.1, -0.05) is 39.0 Å². The lowest BCUT2D eigenvalue weighted by Gasteiger charge is -2.18. The Bertz CT molecular complexity index is 897. The Morgan fingerprint density at radius 1 is 0.524 bits per heavy atom. The van der Waals surface area contributed by atoms with Gasteiger partial charge in [-0.05, 0) is 44.9 Å². The van der Waals surface area contributed by atoms with Crippen molar-refractivity contribution in [1.29, 1.82) is 0 Å². The predicted octanol–water partition coefficient (Wildman–Crippen LogP) is 1.83. The fraction of sp³-hybridized carbons (Fsp3) is 0.741. The molecule has 0 radical (unpaired) electrons. The van der Waals surface area contributed by atoms with Gasteiger partial charge in [-0.15, -0.1) is 0 Å². The molecular formula is C27H46N4O11. The lowest BCUT2D eigenvalue weighted by Crippen LogP contribution is -2.51. The second-order valence-corrected chi connectivity index (χ2v) is 10.0. The number of carboxylic acids is 4. The Balaban J connectivity index is 4.10. The summed E-state index contributed by atoms with van der Waals surface area (Å²) in [7, 11) is 0. The molecule has 0 spiro atoms. The summed E-state index contributed by atoms with van der Waals surface area (Å²) >= 11 is 0. The van der Waals surface area contributed by atoms with Crippen LogP contribution in [0.25, 0.3) is 0 Å². The minimum Gasteiger partial charge on any atom is -0.481 e. The molecule has 0 aliphatic rings. The van der Waals surface area contributed by atoms with Gasteiger partial charge >= 0.3 is 29.9 Å². The highest BCUT2D eigenvalue weighted by atomic mass is 16.4. The molecule has 0 aliphatic heterocycles. The van der Waals surface area contributed by atoms with E-state index in [0.29, 0.717) is 38.6 Å². The summed E-state index contributed by atoms with van der Waals surface area (Å²) in [5.41, 5.74) is 0. The highest BCUT2D eigenvalue weighted by molar-refractivity contribution is 5.86. The fourth-order valence-electron chi connectivity index (χ4n) is 3.98. The van der Waals surface area contributed by atoms with E-state index in [9.17, 15) is 43.8 Å². The molecule has 240 valence electrons. The summed E-state index contributed by atoms with van der Waals surface area (Å²) in [5.74, 6) is -5.50. The average Bonchev–Trinajstić information content (AvgIpc) is 2.91. The quantitative estimate of drug-likeness (QED) is 0.0700. The van der Waals surface area contributed by atoms with E-state index in [1.54, 1.807) is 0 Å². The van der Waals surface area contributed by atoms with Gasteiger partial charge in [0.1, 0.15) is 18.1 Å². The van der Waals surface area contributed by atoms with Crippen LogP contribution in [0.1, 0.15) is 103 Å². The monoisotopic (exact) mass is 602 g/mol. The Kier molecular flexibility index (Phi) is 20.6. The van der Waals surface area contributed by atoms with Crippen LogP contribution in [0.3, 0.4) is 0 Å². The summed E-state index contributed by atoms with van der Waals surface area (Å²) in [4.78, 5) is 80.5. The number of urea groups is 1. The van der Waals surface area contributed by atoms with Crippen LogP contribution in [0, 0.1) is 0 Å². The molecule has 0 rings (SSSR count). The van der Waals surface area contributed by atoms with Crippen LogP contribution < -0.4 is 21.3 Å². The molecule has 8 N–H and O–H groups in total. The number of hydrogen-bond donors (Lipinski definition) is 8. The molecule has 0 saturated heterocycles. The lowest BCUT2D eigenvalue weighted by molar-refractivity contribution is -0.142. The van der Waals surface area contributed by atoms with Gasteiger partial charge < -0.3 is 41.7 Å². The van der Waals surface area contributed by atoms with E-state index >= 15 is 0 Å². The van der Waals surface area contributed by atoms with Crippen LogP contribution in [0.2, 0.25) is 0 Å². The number of rotatable bonds is 25. The summed E-state index contributed by atoms with van der Waals surface area (Å²) in [6, 6.07) is -4.69. The van der Waals surface area contributed by atoms with Crippen molar-refractivity contribution in [3.8, 4) is 0 Å².